The number of hydrogen-bond acceptors (Lipinski definition) is 8. The highest BCUT2D eigenvalue weighted by atomic mass is 32.1. The molecule has 0 spiro atoms. The van der Waals surface area contributed by atoms with Gasteiger partial charge in [0.2, 0.25) is 5.91 Å². The Morgan fingerprint density at radius 1 is 1.09 bits per heavy atom. The third kappa shape index (κ3) is 7.55. The third-order valence-electron chi connectivity index (χ3n) is 5.13. The van der Waals surface area contributed by atoms with Gasteiger partial charge in [0.1, 0.15) is 4.88 Å². The Hall–Kier alpha value is -2.94. The van der Waals surface area contributed by atoms with Crippen molar-refractivity contribution in [3.8, 4) is 11.5 Å². The van der Waals surface area contributed by atoms with Crippen molar-refractivity contribution in [3.63, 3.8) is 0 Å². The van der Waals surface area contributed by atoms with Gasteiger partial charge in [0.05, 0.1) is 26.0 Å². The van der Waals surface area contributed by atoms with E-state index in [1.807, 2.05) is 0 Å². The first-order valence-electron chi connectivity index (χ1n) is 11.6. The molecule has 0 bridgehead atoms. The summed E-state index contributed by atoms with van der Waals surface area (Å²) in [6.45, 7) is 8.25. The second-order valence-corrected chi connectivity index (χ2v) is 8.74. The Bertz CT molecular complexity index is 988. The fourth-order valence-electron chi connectivity index (χ4n) is 3.28. The molecule has 1 aromatic heterocycles. The second kappa shape index (κ2) is 13.7. The number of ketones is 1. The fourth-order valence-corrected chi connectivity index (χ4v) is 4.28. The number of rotatable bonds is 14. The number of anilines is 1. The van der Waals surface area contributed by atoms with E-state index in [0.29, 0.717) is 52.3 Å². The third-order valence-corrected chi connectivity index (χ3v) is 6.29. The average Bonchev–Trinajstić information content (AvgIpc) is 3.20. The number of carbonyl (C=O) groups excluding carboxylic acids is 3. The molecule has 2 aromatic rings. The zero-order valence-corrected chi connectivity index (χ0v) is 21.5. The molecule has 0 saturated heterocycles. The summed E-state index contributed by atoms with van der Waals surface area (Å²) < 4.78 is 16.2. The molecule has 2 rings (SSSR count). The van der Waals surface area contributed by atoms with Crippen molar-refractivity contribution in [1.82, 2.24) is 4.98 Å². The van der Waals surface area contributed by atoms with E-state index in [-0.39, 0.29) is 24.7 Å². The predicted molar refractivity (Wildman–Crippen MR) is 132 cm³/mol. The summed E-state index contributed by atoms with van der Waals surface area (Å²) >= 11 is 1.19. The zero-order chi connectivity index (χ0) is 25.1. The van der Waals surface area contributed by atoms with Crippen molar-refractivity contribution < 1.29 is 28.6 Å². The first kappa shape index (κ1) is 27.3. The van der Waals surface area contributed by atoms with Gasteiger partial charge in [-0.3, -0.25) is 14.5 Å². The molecule has 1 heterocycles. The number of hydrogen-bond donors (Lipinski definition) is 0. The van der Waals surface area contributed by atoms with Crippen LogP contribution in [0.4, 0.5) is 5.13 Å². The van der Waals surface area contributed by atoms with Gasteiger partial charge in [-0.05, 0) is 51.8 Å². The summed E-state index contributed by atoms with van der Waals surface area (Å²) in [5, 5.41) is 0.518. The summed E-state index contributed by atoms with van der Waals surface area (Å²) in [6.07, 6.45) is 3.65. The summed E-state index contributed by atoms with van der Waals surface area (Å²) in [4.78, 5) is 43.4. The Morgan fingerprint density at radius 2 is 1.85 bits per heavy atom. The number of thiazole rings is 1. The number of aryl methyl sites for hydroxylation is 1. The van der Waals surface area contributed by atoms with Crippen LogP contribution >= 0.6 is 11.3 Å². The van der Waals surface area contributed by atoms with E-state index < -0.39 is 5.97 Å². The van der Waals surface area contributed by atoms with E-state index in [1.165, 1.54) is 25.4 Å². The number of Topliss-reactive ketones (excluding diaryl/α,β-unsaturated/α-hetero) is 1. The van der Waals surface area contributed by atoms with Crippen LogP contribution in [0.15, 0.2) is 18.2 Å². The summed E-state index contributed by atoms with van der Waals surface area (Å²) in [5.74, 6) is 0.465. The highest BCUT2D eigenvalue weighted by Gasteiger charge is 2.23. The van der Waals surface area contributed by atoms with Crippen molar-refractivity contribution in [3.05, 3.63) is 34.3 Å². The van der Waals surface area contributed by atoms with Gasteiger partial charge < -0.3 is 14.2 Å². The molecule has 0 aliphatic heterocycles. The van der Waals surface area contributed by atoms with Crippen LogP contribution in [-0.2, 0) is 9.53 Å². The van der Waals surface area contributed by atoms with Crippen LogP contribution in [0, 0.1) is 6.92 Å². The van der Waals surface area contributed by atoms with Gasteiger partial charge in [-0.1, -0.05) is 31.1 Å². The molecule has 0 unspecified atom stereocenters. The lowest BCUT2D eigenvalue weighted by Gasteiger charge is -2.20. The molecule has 0 saturated carbocycles. The molecule has 186 valence electrons. The predicted octanol–water partition coefficient (Wildman–Crippen LogP) is 5.22. The van der Waals surface area contributed by atoms with Crippen molar-refractivity contribution in [2.75, 3.05) is 31.8 Å². The Balaban J connectivity index is 2.03. The molecule has 1 amide bonds. The number of ether oxygens (including phenoxy) is 3. The highest BCUT2D eigenvalue weighted by molar-refractivity contribution is 7.17. The van der Waals surface area contributed by atoms with Crippen molar-refractivity contribution in [1.29, 1.82) is 0 Å². The molecular formula is C25H34N2O6S. The number of benzene rings is 1. The zero-order valence-electron chi connectivity index (χ0n) is 20.6. The average molecular weight is 491 g/mol. The lowest BCUT2D eigenvalue weighted by Crippen LogP contribution is -2.32. The highest BCUT2D eigenvalue weighted by Crippen LogP contribution is 2.30. The maximum Gasteiger partial charge on any atom is 0.350 e. The van der Waals surface area contributed by atoms with E-state index in [4.69, 9.17) is 14.2 Å². The second-order valence-electron chi connectivity index (χ2n) is 7.76. The molecule has 0 radical (unpaired) electrons. The quantitative estimate of drug-likeness (QED) is 0.203. The number of unbranched alkanes of at least 4 members (excludes halogenated alkanes) is 2. The van der Waals surface area contributed by atoms with E-state index >= 15 is 0 Å². The van der Waals surface area contributed by atoms with E-state index in [2.05, 4.69) is 11.9 Å². The normalized spacial score (nSPS) is 10.6. The standard InChI is InChI=1S/C25H34N2O6S/c1-6-8-9-14-27(25-26-17(3)23(34-25)24(30)32-7-2)22(29)11-10-15-33-20-13-12-19(18(4)28)16-21(20)31-5/h12-13,16H,6-11,14-15H2,1-5H3. The Labute approximate surface area is 205 Å². The molecule has 8 nitrogen and oxygen atoms in total. The van der Waals surface area contributed by atoms with Gasteiger partial charge in [0.15, 0.2) is 22.4 Å². The smallest absolute Gasteiger partial charge is 0.350 e. The fraction of sp³-hybridized carbons (Fsp3) is 0.520. The van der Waals surface area contributed by atoms with Crippen LogP contribution in [0.1, 0.15) is 78.6 Å². The monoisotopic (exact) mass is 490 g/mol. The molecule has 1 aromatic carbocycles. The first-order chi connectivity index (χ1) is 16.3. The van der Waals surface area contributed by atoms with E-state index in [9.17, 15) is 14.4 Å². The first-order valence-corrected chi connectivity index (χ1v) is 12.4. The largest absolute Gasteiger partial charge is 0.493 e. The summed E-state index contributed by atoms with van der Waals surface area (Å²) in [5.41, 5.74) is 1.11. The van der Waals surface area contributed by atoms with Crippen LogP contribution in [0.25, 0.3) is 0 Å². The van der Waals surface area contributed by atoms with Crippen LogP contribution in [0.3, 0.4) is 0 Å². The molecule has 0 atom stereocenters. The number of aromatic nitrogens is 1. The van der Waals surface area contributed by atoms with Crippen LogP contribution < -0.4 is 14.4 Å². The number of amides is 1. The van der Waals surface area contributed by atoms with Gasteiger partial charge in [-0.25, -0.2) is 9.78 Å². The number of nitrogens with zero attached hydrogens (tertiary/aromatic N) is 2. The molecule has 0 fully saturated rings. The van der Waals surface area contributed by atoms with Crippen molar-refractivity contribution >= 4 is 34.1 Å². The minimum Gasteiger partial charge on any atom is -0.493 e. The van der Waals surface area contributed by atoms with Crippen LogP contribution in [-0.4, -0.2) is 49.5 Å². The topological polar surface area (TPSA) is 95.0 Å². The van der Waals surface area contributed by atoms with Gasteiger partial charge in [0.25, 0.3) is 0 Å². The van der Waals surface area contributed by atoms with Gasteiger partial charge >= 0.3 is 5.97 Å². The molecule has 0 aliphatic carbocycles. The molecule has 34 heavy (non-hydrogen) atoms. The van der Waals surface area contributed by atoms with Crippen LogP contribution in [0.5, 0.6) is 11.5 Å². The summed E-state index contributed by atoms with van der Waals surface area (Å²) in [6, 6.07) is 5.03. The van der Waals surface area contributed by atoms with Gasteiger partial charge in [0, 0.05) is 18.5 Å². The van der Waals surface area contributed by atoms with E-state index in [1.54, 1.807) is 36.9 Å². The summed E-state index contributed by atoms with van der Waals surface area (Å²) in [7, 11) is 1.52. The minimum absolute atomic E-state index is 0.0536. The lowest BCUT2D eigenvalue weighted by molar-refractivity contribution is -0.118. The maximum absolute atomic E-state index is 13.1. The molecule has 9 heteroatoms. The van der Waals surface area contributed by atoms with Gasteiger partial charge in [-0.2, -0.15) is 0 Å². The number of methoxy groups -OCH3 is 1. The molecule has 0 N–H and O–H groups in total. The Kier molecular flexibility index (Phi) is 11.0. The van der Waals surface area contributed by atoms with Crippen molar-refractivity contribution in [2.45, 2.75) is 59.8 Å². The molecule has 0 aliphatic rings. The van der Waals surface area contributed by atoms with E-state index in [0.717, 1.165) is 19.3 Å². The number of carbonyl (C=O) groups is 3. The Morgan fingerprint density at radius 3 is 2.50 bits per heavy atom. The minimum atomic E-state index is -0.414. The molecular weight excluding hydrogens is 456 g/mol. The lowest BCUT2D eigenvalue weighted by atomic mass is 10.1. The van der Waals surface area contributed by atoms with Crippen molar-refractivity contribution in [2.24, 2.45) is 0 Å². The van der Waals surface area contributed by atoms with Gasteiger partial charge in [-0.15, -0.1) is 0 Å². The maximum atomic E-state index is 13.1. The van der Waals surface area contributed by atoms with Crippen LogP contribution in [0.2, 0.25) is 0 Å². The number of esters is 1. The SMILES string of the molecule is CCCCCN(C(=O)CCCOc1ccc(C(C)=O)cc1OC)c1nc(C)c(C(=O)OCC)s1.